The molecule has 0 spiro atoms. The fraction of sp³-hybridized carbons (Fsp3) is 0.161. The molecule has 2 aromatic carbocycles. The van der Waals surface area contributed by atoms with Crippen LogP contribution in [0.5, 0.6) is 0 Å². The maximum absolute atomic E-state index is 14.0. The van der Waals surface area contributed by atoms with Crippen molar-refractivity contribution in [2.75, 3.05) is 43.6 Å². The van der Waals surface area contributed by atoms with Crippen LogP contribution < -0.4 is 21.6 Å². The fourth-order valence-electron chi connectivity index (χ4n) is 4.52. The summed E-state index contributed by atoms with van der Waals surface area (Å²) in [6.07, 6.45) is 5.58. The quantitative estimate of drug-likeness (QED) is 0.260. The van der Waals surface area contributed by atoms with E-state index in [1.165, 1.54) is 32.5 Å². The van der Waals surface area contributed by atoms with Crippen molar-refractivity contribution in [1.29, 1.82) is 0 Å². The molecular weight excluding hydrogens is 565 g/mol. The van der Waals surface area contributed by atoms with Gasteiger partial charge in [-0.05, 0) is 75.1 Å². The van der Waals surface area contributed by atoms with Crippen LogP contribution in [0.3, 0.4) is 0 Å². The molecule has 0 atom stereocenters. The van der Waals surface area contributed by atoms with E-state index in [9.17, 15) is 18.8 Å². The van der Waals surface area contributed by atoms with Gasteiger partial charge in [0, 0.05) is 30.9 Å². The first-order valence-corrected chi connectivity index (χ1v) is 13.5. The van der Waals surface area contributed by atoms with Gasteiger partial charge in [-0.15, -0.1) is 0 Å². The lowest BCUT2D eigenvalue weighted by atomic mass is 10.2. The maximum Gasteiger partial charge on any atom is 0.339 e. The topological polar surface area (TPSA) is 144 Å². The minimum Gasteiger partial charge on any atom is -0.382 e. The third kappa shape index (κ3) is 5.94. The largest absolute Gasteiger partial charge is 0.382 e. The first-order chi connectivity index (χ1) is 21.0. The van der Waals surface area contributed by atoms with Gasteiger partial charge in [0.15, 0.2) is 11.5 Å². The molecule has 13 heteroatoms. The van der Waals surface area contributed by atoms with Gasteiger partial charge in [-0.3, -0.25) is 14.2 Å². The number of hydrogen-bond acceptors (Lipinski definition) is 8. The Balaban J connectivity index is 1.50. The maximum atomic E-state index is 14.0. The van der Waals surface area contributed by atoms with Crippen LogP contribution in [0.25, 0.3) is 22.5 Å². The van der Waals surface area contributed by atoms with Gasteiger partial charge >= 0.3 is 5.69 Å². The Morgan fingerprint density at radius 3 is 2.45 bits per heavy atom. The number of anilines is 3. The van der Waals surface area contributed by atoms with Crippen LogP contribution in [0.4, 0.5) is 21.7 Å². The Kier molecular flexibility index (Phi) is 8.31. The molecule has 224 valence electrons. The van der Waals surface area contributed by atoms with Gasteiger partial charge < -0.3 is 20.9 Å². The molecule has 3 N–H and O–H groups in total. The van der Waals surface area contributed by atoms with Crippen LogP contribution >= 0.6 is 0 Å². The summed E-state index contributed by atoms with van der Waals surface area (Å²) in [6.45, 7) is 2.19. The first-order valence-electron chi connectivity index (χ1n) is 13.5. The number of aromatic nitrogens is 5. The van der Waals surface area contributed by atoms with E-state index in [1.54, 1.807) is 68.6 Å². The summed E-state index contributed by atoms with van der Waals surface area (Å²) in [6, 6.07) is 14.7. The molecule has 0 aliphatic heterocycles. The number of pyridine rings is 1. The number of amides is 2. The lowest BCUT2D eigenvalue weighted by Gasteiger charge is -2.16. The molecule has 0 unspecified atom stereocenters. The minimum absolute atomic E-state index is 0.0832. The summed E-state index contributed by atoms with van der Waals surface area (Å²) in [5.41, 5.74) is 8.39. The van der Waals surface area contributed by atoms with Crippen molar-refractivity contribution in [3.8, 4) is 11.4 Å². The number of nitrogens with zero attached hydrogens (tertiary/aromatic N) is 7. The van der Waals surface area contributed by atoms with Crippen molar-refractivity contribution < 1.29 is 14.0 Å². The Morgan fingerprint density at radius 2 is 1.75 bits per heavy atom. The first kappa shape index (κ1) is 29.8. The molecule has 3 aromatic heterocycles. The van der Waals surface area contributed by atoms with Crippen molar-refractivity contribution >= 4 is 40.3 Å². The molecule has 0 radical (unpaired) electrons. The Morgan fingerprint density at radius 1 is 1.00 bits per heavy atom. The molecule has 5 aromatic rings. The Labute approximate surface area is 251 Å². The van der Waals surface area contributed by atoms with Crippen LogP contribution in [-0.2, 0) is 4.79 Å². The summed E-state index contributed by atoms with van der Waals surface area (Å²) in [5, 5.41) is 2.64. The molecule has 0 fully saturated rings. The van der Waals surface area contributed by atoms with E-state index in [0.29, 0.717) is 34.7 Å². The number of likely N-dealkylation sites (N-methyl/N-ethyl adjacent to an activating group) is 2. The van der Waals surface area contributed by atoms with Crippen molar-refractivity contribution in [2.24, 2.45) is 0 Å². The lowest BCUT2D eigenvalue weighted by molar-refractivity contribution is -0.113. The van der Waals surface area contributed by atoms with Crippen molar-refractivity contribution in [3.63, 3.8) is 0 Å². The van der Waals surface area contributed by atoms with E-state index < -0.39 is 17.4 Å². The number of carbonyl (C=O) groups is 2. The number of nitrogens with two attached hydrogens (primary N) is 1. The zero-order valence-electron chi connectivity index (χ0n) is 24.5. The van der Waals surface area contributed by atoms with Crippen LogP contribution in [0.2, 0.25) is 0 Å². The third-order valence-corrected chi connectivity index (χ3v) is 6.86. The molecule has 0 bridgehead atoms. The van der Waals surface area contributed by atoms with Crippen molar-refractivity contribution in [3.05, 3.63) is 107 Å². The molecular formula is C31H30FN9O3. The van der Waals surface area contributed by atoms with Crippen LogP contribution in [0.15, 0.2) is 84.1 Å². The number of hydrogen-bond donors (Lipinski definition) is 2. The third-order valence-electron chi connectivity index (χ3n) is 6.86. The van der Waals surface area contributed by atoms with Gasteiger partial charge in [0.1, 0.15) is 23.5 Å². The number of benzene rings is 2. The van der Waals surface area contributed by atoms with Gasteiger partial charge in [-0.1, -0.05) is 12.1 Å². The Hall–Kier alpha value is -5.69. The van der Waals surface area contributed by atoms with Crippen LogP contribution in [-0.4, -0.2) is 68.5 Å². The molecule has 44 heavy (non-hydrogen) atoms. The number of rotatable bonds is 8. The normalized spacial score (nSPS) is 11.4. The molecule has 3 heterocycles. The molecule has 2 amide bonds. The SMILES string of the molecule is Cc1cc(NC(=O)c2ccc(-n3c(=O)n(-c4cccc(N(C)C(=O)/C=C/CN(C)C)c4)c4ncnc(N)c43)cc2)ncc1F. The predicted molar refractivity (Wildman–Crippen MR) is 167 cm³/mol. The summed E-state index contributed by atoms with van der Waals surface area (Å²) in [4.78, 5) is 55.3. The highest BCUT2D eigenvalue weighted by molar-refractivity contribution is 6.04. The van der Waals surface area contributed by atoms with E-state index in [4.69, 9.17) is 5.73 Å². The molecule has 0 saturated carbocycles. The molecule has 12 nitrogen and oxygen atoms in total. The average molecular weight is 596 g/mol. The number of imidazole rings is 1. The summed E-state index contributed by atoms with van der Waals surface area (Å²) < 4.78 is 16.3. The van der Waals surface area contributed by atoms with Crippen LogP contribution in [0.1, 0.15) is 15.9 Å². The Bertz CT molecular complexity index is 1960. The van der Waals surface area contributed by atoms with E-state index in [0.717, 1.165) is 6.20 Å². The fourth-order valence-corrected chi connectivity index (χ4v) is 4.52. The summed E-state index contributed by atoms with van der Waals surface area (Å²) >= 11 is 0. The number of halogens is 1. The second kappa shape index (κ2) is 12.3. The lowest BCUT2D eigenvalue weighted by Crippen LogP contribution is -2.25. The molecule has 5 rings (SSSR count). The monoisotopic (exact) mass is 595 g/mol. The van der Waals surface area contributed by atoms with E-state index in [-0.39, 0.29) is 28.7 Å². The van der Waals surface area contributed by atoms with E-state index >= 15 is 0 Å². The van der Waals surface area contributed by atoms with Crippen molar-refractivity contribution in [2.45, 2.75) is 6.92 Å². The second-order valence-corrected chi connectivity index (χ2v) is 10.3. The van der Waals surface area contributed by atoms with Gasteiger partial charge in [0.25, 0.3) is 5.91 Å². The molecule has 0 aliphatic carbocycles. The van der Waals surface area contributed by atoms with E-state index in [2.05, 4.69) is 20.3 Å². The number of fused-ring (bicyclic) bond motifs is 1. The highest BCUT2D eigenvalue weighted by Crippen LogP contribution is 2.25. The zero-order valence-corrected chi connectivity index (χ0v) is 24.5. The summed E-state index contributed by atoms with van der Waals surface area (Å²) in [7, 11) is 5.47. The highest BCUT2D eigenvalue weighted by Gasteiger charge is 2.21. The van der Waals surface area contributed by atoms with Gasteiger partial charge in [0.2, 0.25) is 5.91 Å². The summed E-state index contributed by atoms with van der Waals surface area (Å²) in [5.74, 6) is -0.860. The molecule has 0 aliphatic rings. The zero-order chi connectivity index (χ0) is 31.5. The van der Waals surface area contributed by atoms with E-state index in [1.807, 2.05) is 19.0 Å². The smallest absolute Gasteiger partial charge is 0.339 e. The van der Waals surface area contributed by atoms with Gasteiger partial charge in [0.05, 0.1) is 17.6 Å². The number of carbonyl (C=O) groups excluding carboxylic acids is 2. The second-order valence-electron chi connectivity index (χ2n) is 10.3. The standard InChI is InChI=1S/C31H30FN9O3/c1-19-15-25(34-17-24(19)32)37-30(43)20-10-12-21(13-11-20)40-27-28(33)35-18-36-29(27)41(31(40)44)23-8-5-7-22(16-23)39(4)26(42)9-6-14-38(2)3/h5-13,15-18H,14H2,1-4H3,(H2,33,35,36)(H,34,37,43)/b9-6+. The number of aryl methyl sites for hydroxylation is 1. The predicted octanol–water partition coefficient (Wildman–Crippen LogP) is 3.33. The van der Waals surface area contributed by atoms with Crippen LogP contribution in [0, 0.1) is 12.7 Å². The van der Waals surface area contributed by atoms with Crippen molar-refractivity contribution in [1.82, 2.24) is 29.0 Å². The average Bonchev–Trinajstić information content (AvgIpc) is 3.31. The number of nitrogens with one attached hydrogen (secondary N) is 1. The molecule has 0 saturated heterocycles. The van der Waals surface area contributed by atoms with Gasteiger partial charge in [-0.25, -0.2) is 28.7 Å². The minimum atomic E-state index is -0.479. The van der Waals surface area contributed by atoms with Gasteiger partial charge in [-0.2, -0.15) is 0 Å². The highest BCUT2D eigenvalue weighted by atomic mass is 19.1. The number of nitrogen functional groups attached to an aromatic ring is 1.